The van der Waals surface area contributed by atoms with Crippen LogP contribution in [0.4, 0.5) is 0 Å². The standard InChI is InChI=1S/Mo.4NO3/c;4*2-1(3)4/q+4;4*-1. The summed E-state index contributed by atoms with van der Waals surface area (Å²) >= 11 is 0. The van der Waals surface area contributed by atoms with Crippen LogP contribution in [0, 0.1) is 61.3 Å². The number of nitrogens with zero attached hydrogens (tertiary/aromatic N) is 4. The van der Waals surface area contributed by atoms with Crippen molar-refractivity contribution >= 4 is 0 Å². The maximum atomic E-state index is 8.25. The fraction of sp³-hybridized carbons (Fsp3) is 0. The Morgan fingerprint density at radius 1 is 0.412 bits per heavy atom. The van der Waals surface area contributed by atoms with E-state index in [1.54, 1.807) is 0 Å². The van der Waals surface area contributed by atoms with Crippen LogP contribution in [0.25, 0.3) is 0 Å². The van der Waals surface area contributed by atoms with Gasteiger partial charge < -0.3 is 61.3 Å². The molecule has 0 aromatic carbocycles. The zero-order chi connectivity index (χ0) is 14.3. The molecule has 98 valence electrons. The van der Waals surface area contributed by atoms with Gasteiger partial charge in [-0.1, -0.05) is 0 Å². The monoisotopic (exact) mass is 346 g/mol. The third-order valence-electron chi connectivity index (χ3n) is 0. The topological polar surface area (TPSA) is 265 Å². The Balaban J connectivity index is -0.0000000369. The van der Waals surface area contributed by atoms with Gasteiger partial charge in [-0.05, 0) is 0 Å². The van der Waals surface area contributed by atoms with Crippen molar-refractivity contribution in [1.82, 2.24) is 0 Å². The molecule has 0 aromatic rings. The quantitative estimate of drug-likeness (QED) is 0.292. The van der Waals surface area contributed by atoms with Crippen LogP contribution in [0.3, 0.4) is 0 Å². The van der Waals surface area contributed by atoms with Gasteiger partial charge in [0.25, 0.3) is 0 Å². The van der Waals surface area contributed by atoms with E-state index < -0.39 is 20.3 Å². The first kappa shape index (κ1) is 29.3. The Morgan fingerprint density at radius 2 is 0.412 bits per heavy atom. The summed E-state index contributed by atoms with van der Waals surface area (Å²) in [7, 11) is 0. The van der Waals surface area contributed by atoms with Gasteiger partial charge in [0.2, 0.25) is 0 Å². The Labute approximate surface area is 103 Å². The number of hydrogen-bond acceptors (Lipinski definition) is 12. The summed E-state index contributed by atoms with van der Waals surface area (Å²) in [5, 5.41) is 59.0. The van der Waals surface area contributed by atoms with Gasteiger partial charge >= 0.3 is 21.1 Å². The van der Waals surface area contributed by atoms with Crippen molar-refractivity contribution in [2.45, 2.75) is 0 Å². The largest absolute Gasteiger partial charge is 4.00 e. The zero-order valence-electron chi connectivity index (χ0n) is 7.10. The van der Waals surface area contributed by atoms with Crippen LogP contribution in [0.2, 0.25) is 0 Å². The molecule has 16 nitrogen and oxygen atoms in total. The molecule has 0 aromatic heterocycles. The molecule has 0 saturated carbocycles. The molecular formula is MoN4O12. The summed E-state index contributed by atoms with van der Waals surface area (Å²) in [5.41, 5.74) is 0. The molecule has 0 saturated heterocycles. The summed E-state index contributed by atoms with van der Waals surface area (Å²) < 4.78 is 0. The van der Waals surface area contributed by atoms with Gasteiger partial charge in [0.1, 0.15) is 0 Å². The van der Waals surface area contributed by atoms with E-state index in [-0.39, 0.29) is 21.1 Å². The van der Waals surface area contributed by atoms with E-state index in [0.717, 1.165) is 0 Å². The van der Waals surface area contributed by atoms with E-state index in [0.29, 0.717) is 0 Å². The molecule has 0 spiro atoms. The van der Waals surface area contributed by atoms with Crippen molar-refractivity contribution in [1.29, 1.82) is 0 Å². The zero-order valence-corrected chi connectivity index (χ0v) is 9.10. The molecule has 17 heteroatoms. The van der Waals surface area contributed by atoms with Gasteiger partial charge in [-0.15, -0.1) is 0 Å². The first-order chi connectivity index (χ1) is 6.93. The third kappa shape index (κ3) is 282. The van der Waals surface area contributed by atoms with Crippen molar-refractivity contribution in [3.63, 3.8) is 0 Å². The van der Waals surface area contributed by atoms with Crippen LogP contribution in [-0.4, -0.2) is 20.3 Å². The smallest absolute Gasteiger partial charge is 0.356 e. The van der Waals surface area contributed by atoms with E-state index in [2.05, 4.69) is 0 Å². The van der Waals surface area contributed by atoms with Crippen molar-refractivity contribution in [2.24, 2.45) is 0 Å². The van der Waals surface area contributed by atoms with E-state index in [1.165, 1.54) is 0 Å². The summed E-state index contributed by atoms with van der Waals surface area (Å²) in [5.74, 6) is 0. The van der Waals surface area contributed by atoms with Crippen LogP contribution in [0.15, 0.2) is 0 Å². The molecule has 0 unspecified atom stereocenters. The van der Waals surface area contributed by atoms with E-state index in [4.69, 9.17) is 61.3 Å². The van der Waals surface area contributed by atoms with Gasteiger partial charge in [0.15, 0.2) is 0 Å². The Bertz CT molecular complexity index is 159. The maximum Gasteiger partial charge on any atom is 4.00 e. The first-order valence-corrected chi connectivity index (χ1v) is 2.19. The Morgan fingerprint density at radius 3 is 0.412 bits per heavy atom. The molecule has 0 heterocycles. The molecule has 0 N–H and O–H groups in total. The minimum absolute atomic E-state index is 0. The second-order valence-electron chi connectivity index (χ2n) is 0.894. The molecule has 0 aliphatic carbocycles. The van der Waals surface area contributed by atoms with Gasteiger partial charge in [0, 0.05) is 0 Å². The fourth-order valence-corrected chi connectivity index (χ4v) is 0. The molecule has 0 atom stereocenters. The maximum absolute atomic E-state index is 8.25. The van der Waals surface area contributed by atoms with E-state index in [9.17, 15) is 0 Å². The first-order valence-electron chi connectivity index (χ1n) is 2.19. The summed E-state index contributed by atoms with van der Waals surface area (Å²) in [6, 6.07) is 0. The summed E-state index contributed by atoms with van der Waals surface area (Å²) in [4.78, 5) is 33.0. The van der Waals surface area contributed by atoms with Gasteiger partial charge in [-0.2, -0.15) is 0 Å². The van der Waals surface area contributed by atoms with Crippen LogP contribution in [0.1, 0.15) is 0 Å². The molecule has 0 aliphatic rings. The number of rotatable bonds is 0. The molecule has 0 amide bonds. The predicted octanol–water partition coefficient (Wildman–Crippen LogP) is -0.959. The molecular weight excluding hydrogens is 344 g/mol. The van der Waals surface area contributed by atoms with E-state index in [1.807, 2.05) is 0 Å². The Kier molecular flexibility index (Phi) is 40.2. The molecule has 0 radical (unpaired) electrons. The molecule has 0 bridgehead atoms. The van der Waals surface area contributed by atoms with E-state index >= 15 is 0 Å². The second-order valence-corrected chi connectivity index (χ2v) is 0.894. The molecule has 0 aliphatic heterocycles. The third-order valence-corrected chi connectivity index (χ3v) is 0. The van der Waals surface area contributed by atoms with Gasteiger partial charge in [0.05, 0.1) is 20.3 Å². The van der Waals surface area contributed by atoms with Crippen LogP contribution in [-0.2, 0) is 21.1 Å². The molecule has 17 heavy (non-hydrogen) atoms. The van der Waals surface area contributed by atoms with Crippen molar-refractivity contribution < 1.29 is 41.4 Å². The minimum Gasteiger partial charge on any atom is -0.356 e. The normalized spacial score (nSPS) is 5.65. The SMILES string of the molecule is O=[N+]([O-])[O-].O=[N+]([O-])[O-].O=[N+]([O-])[O-].O=[N+]([O-])[O-].[Mo+4]. The van der Waals surface area contributed by atoms with Crippen LogP contribution >= 0.6 is 0 Å². The number of hydrogen-bond donors (Lipinski definition) is 0. The average molecular weight is 344 g/mol. The van der Waals surface area contributed by atoms with Gasteiger partial charge in [-0.3, -0.25) is 0 Å². The summed E-state index contributed by atoms with van der Waals surface area (Å²) in [6.07, 6.45) is 0. The second kappa shape index (κ2) is 23.4. The van der Waals surface area contributed by atoms with Crippen molar-refractivity contribution in [3.05, 3.63) is 61.3 Å². The van der Waals surface area contributed by atoms with Crippen molar-refractivity contribution in [2.75, 3.05) is 0 Å². The summed E-state index contributed by atoms with van der Waals surface area (Å²) in [6.45, 7) is 0. The predicted molar refractivity (Wildman–Crippen MR) is 41.4 cm³/mol. The minimum atomic E-state index is -1.75. The van der Waals surface area contributed by atoms with Gasteiger partial charge in [-0.25, -0.2) is 0 Å². The average Bonchev–Trinajstić information content (AvgIpc) is 1.76. The molecule has 0 rings (SSSR count). The Hall–Kier alpha value is -2.51. The van der Waals surface area contributed by atoms with Crippen molar-refractivity contribution in [3.8, 4) is 0 Å². The fourth-order valence-electron chi connectivity index (χ4n) is 0. The molecule has 0 fully saturated rings. The van der Waals surface area contributed by atoms with Crippen LogP contribution in [0.5, 0.6) is 0 Å². The van der Waals surface area contributed by atoms with Crippen LogP contribution < -0.4 is 0 Å².